The van der Waals surface area contributed by atoms with Gasteiger partial charge in [-0.1, -0.05) is 19.9 Å². The van der Waals surface area contributed by atoms with Gasteiger partial charge in [0.15, 0.2) is 29.1 Å². The first kappa shape index (κ1) is 22.2. The number of nitrogens with one attached hydrogen (secondary N) is 3. The molecule has 0 fully saturated rings. The fourth-order valence-electron chi connectivity index (χ4n) is 2.62. The van der Waals surface area contributed by atoms with Gasteiger partial charge < -0.3 is 10.4 Å². The van der Waals surface area contributed by atoms with Crippen molar-refractivity contribution in [2.75, 3.05) is 22.8 Å². The van der Waals surface area contributed by atoms with Crippen LogP contribution in [0, 0.1) is 29.2 Å². The Labute approximate surface area is 175 Å². The summed E-state index contributed by atoms with van der Waals surface area (Å²) in [7, 11) is 0. The van der Waals surface area contributed by atoms with Gasteiger partial charge in [-0.15, -0.1) is 0 Å². The number of pyridine rings is 1. The highest BCUT2D eigenvalue weighted by Crippen LogP contribution is 2.25. The molecule has 0 bridgehead atoms. The molecule has 0 radical (unpaired) electrons. The summed E-state index contributed by atoms with van der Waals surface area (Å²) in [5.41, 5.74) is 4.33. The minimum Gasteiger partial charge on any atom is -0.394 e. The van der Waals surface area contributed by atoms with Gasteiger partial charge in [-0.3, -0.25) is 15.8 Å². The molecule has 4 N–H and O–H groups in total. The second kappa shape index (κ2) is 9.56. The number of hydrogen-bond acceptors (Lipinski definition) is 7. The average molecular weight is 436 g/mol. The quantitative estimate of drug-likeness (QED) is 0.241. The molecule has 1 aromatic carbocycles. The topological polar surface area (TPSA) is 95.0 Å². The number of hydrogen-bond donors (Lipinski definition) is 4. The van der Waals surface area contributed by atoms with E-state index in [0.29, 0.717) is 11.4 Å². The van der Waals surface area contributed by atoms with Crippen LogP contribution in [0.1, 0.15) is 13.8 Å². The van der Waals surface area contributed by atoms with E-state index in [4.69, 9.17) is 0 Å². The van der Waals surface area contributed by atoms with Crippen LogP contribution in [0.5, 0.6) is 0 Å². The zero-order chi connectivity index (χ0) is 22.5. The van der Waals surface area contributed by atoms with Gasteiger partial charge in [0.25, 0.3) is 0 Å². The zero-order valence-corrected chi connectivity index (χ0v) is 16.6. The second-order valence-electron chi connectivity index (χ2n) is 6.95. The Bertz CT molecular complexity index is 1030. The Morgan fingerprint density at radius 1 is 0.935 bits per heavy atom. The maximum atomic E-state index is 13.9. The van der Waals surface area contributed by atoms with Gasteiger partial charge in [-0.05, 0) is 18.1 Å². The lowest BCUT2D eigenvalue weighted by atomic mass is 10.1. The van der Waals surface area contributed by atoms with E-state index in [0.717, 1.165) is 0 Å². The summed E-state index contributed by atoms with van der Waals surface area (Å²) in [6, 6.07) is 6.32. The van der Waals surface area contributed by atoms with Crippen molar-refractivity contribution in [2.24, 2.45) is 5.92 Å². The number of benzene rings is 1. The lowest BCUT2D eigenvalue weighted by Crippen LogP contribution is -2.30. The summed E-state index contributed by atoms with van der Waals surface area (Å²) >= 11 is 0. The monoisotopic (exact) mass is 436 g/mol. The molecular formula is C20H20F4N6O. The number of aliphatic hydroxyl groups is 1. The van der Waals surface area contributed by atoms with E-state index >= 15 is 0 Å². The van der Waals surface area contributed by atoms with Gasteiger partial charge in [0.2, 0.25) is 5.95 Å². The number of aliphatic hydroxyl groups excluding tert-OH is 1. The van der Waals surface area contributed by atoms with Crippen LogP contribution in [-0.4, -0.2) is 32.7 Å². The van der Waals surface area contributed by atoms with Crippen LogP contribution in [0.4, 0.5) is 35.0 Å². The van der Waals surface area contributed by atoms with Crippen molar-refractivity contribution in [2.45, 2.75) is 19.9 Å². The predicted octanol–water partition coefficient (Wildman–Crippen LogP) is 3.96. The van der Waals surface area contributed by atoms with Crippen molar-refractivity contribution >= 4 is 17.5 Å². The molecule has 2 heterocycles. The van der Waals surface area contributed by atoms with Crippen molar-refractivity contribution in [3.05, 3.63) is 59.8 Å². The van der Waals surface area contributed by atoms with E-state index in [9.17, 15) is 22.7 Å². The van der Waals surface area contributed by atoms with Crippen molar-refractivity contribution in [1.29, 1.82) is 0 Å². The normalized spacial score (nSPS) is 12.0. The molecule has 0 aliphatic rings. The Hall–Kier alpha value is -3.47. The Morgan fingerprint density at radius 2 is 1.65 bits per heavy atom. The van der Waals surface area contributed by atoms with Crippen LogP contribution < -0.4 is 16.2 Å². The molecular weight excluding hydrogens is 416 g/mol. The van der Waals surface area contributed by atoms with Crippen molar-refractivity contribution < 1.29 is 22.7 Å². The Morgan fingerprint density at radius 3 is 2.23 bits per heavy atom. The van der Waals surface area contributed by atoms with Crippen molar-refractivity contribution in [3.63, 3.8) is 0 Å². The molecule has 0 spiro atoms. The third kappa shape index (κ3) is 5.18. The number of hydrazine groups is 1. The second-order valence-corrected chi connectivity index (χ2v) is 6.95. The standard InChI is InChI=1S/C20H20F4N6O/c1-10(2)15(9-31)27-20-26-14(13-5-3-4-6-25-13)8-16(28-20)29-30-19-17(23)11(21)7-12(22)18(19)24/h3-8,10,15,30-31H,9H2,1-2H3,(H2,26,27,28,29)/t15-/m0/s1. The van der Waals surface area contributed by atoms with Crippen LogP contribution in [0.3, 0.4) is 0 Å². The van der Waals surface area contributed by atoms with Crippen LogP contribution in [-0.2, 0) is 0 Å². The highest BCUT2D eigenvalue weighted by molar-refractivity contribution is 5.62. The molecule has 2 aromatic heterocycles. The van der Waals surface area contributed by atoms with E-state index in [1.807, 2.05) is 13.8 Å². The van der Waals surface area contributed by atoms with E-state index < -0.39 is 29.0 Å². The first-order valence-electron chi connectivity index (χ1n) is 9.33. The molecule has 3 aromatic rings. The highest BCUT2D eigenvalue weighted by Gasteiger charge is 2.20. The number of halogens is 4. The molecule has 0 amide bonds. The maximum Gasteiger partial charge on any atom is 0.225 e. The minimum atomic E-state index is -1.59. The molecule has 7 nitrogen and oxygen atoms in total. The fraction of sp³-hybridized carbons (Fsp3) is 0.250. The summed E-state index contributed by atoms with van der Waals surface area (Å²) in [4.78, 5) is 12.7. The lowest BCUT2D eigenvalue weighted by molar-refractivity contribution is 0.248. The van der Waals surface area contributed by atoms with E-state index in [2.05, 4.69) is 31.1 Å². The molecule has 31 heavy (non-hydrogen) atoms. The van der Waals surface area contributed by atoms with Gasteiger partial charge in [0.05, 0.1) is 24.0 Å². The number of anilines is 3. The molecule has 0 aliphatic carbocycles. The molecule has 1 atom stereocenters. The summed E-state index contributed by atoms with van der Waals surface area (Å²) in [5.74, 6) is -6.11. The van der Waals surface area contributed by atoms with E-state index in [1.54, 1.807) is 24.4 Å². The molecule has 0 unspecified atom stereocenters. The zero-order valence-electron chi connectivity index (χ0n) is 16.6. The first-order valence-corrected chi connectivity index (χ1v) is 9.33. The smallest absolute Gasteiger partial charge is 0.225 e. The highest BCUT2D eigenvalue weighted by atomic mass is 19.2. The molecule has 0 aliphatic heterocycles. The summed E-state index contributed by atoms with van der Waals surface area (Å²) < 4.78 is 54.7. The number of aromatic nitrogens is 3. The van der Waals surface area contributed by atoms with Crippen LogP contribution in [0.2, 0.25) is 0 Å². The third-order valence-corrected chi connectivity index (χ3v) is 4.40. The molecule has 3 rings (SSSR count). The summed E-state index contributed by atoms with van der Waals surface area (Å²) in [6.45, 7) is 3.59. The molecule has 164 valence electrons. The minimum absolute atomic E-state index is 0.0297. The van der Waals surface area contributed by atoms with Gasteiger partial charge in [-0.25, -0.2) is 22.5 Å². The lowest BCUT2D eigenvalue weighted by Gasteiger charge is -2.21. The largest absolute Gasteiger partial charge is 0.394 e. The van der Waals surface area contributed by atoms with Gasteiger partial charge >= 0.3 is 0 Å². The average Bonchev–Trinajstić information content (AvgIpc) is 2.76. The third-order valence-electron chi connectivity index (χ3n) is 4.40. The van der Waals surface area contributed by atoms with Crippen LogP contribution in [0.15, 0.2) is 36.5 Å². The number of nitrogens with zero attached hydrogens (tertiary/aromatic N) is 3. The summed E-state index contributed by atoms with van der Waals surface area (Å²) in [6.07, 6.45) is 1.56. The van der Waals surface area contributed by atoms with Gasteiger partial charge in [-0.2, -0.15) is 4.98 Å². The fourth-order valence-corrected chi connectivity index (χ4v) is 2.62. The van der Waals surface area contributed by atoms with Crippen molar-refractivity contribution in [3.8, 4) is 11.4 Å². The predicted molar refractivity (Wildman–Crippen MR) is 108 cm³/mol. The Kier molecular flexibility index (Phi) is 6.85. The maximum absolute atomic E-state index is 13.9. The van der Waals surface area contributed by atoms with Gasteiger partial charge in [0.1, 0.15) is 5.69 Å². The van der Waals surface area contributed by atoms with Crippen molar-refractivity contribution in [1.82, 2.24) is 15.0 Å². The molecule has 0 saturated carbocycles. The SMILES string of the molecule is CC(C)[C@H](CO)Nc1nc(NNc2c(F)c(F)cc(F)c2F)cc(-c2ccccn2)n1. The number of rotatable bonds is 8. The van der Waals surface area contributed by atoms with Crippen LogP contribution >= 0.6 is 0 Å². The Balaban J connectivity index is 1.95. The molecule has 11 heteroatoms. The van der Waals surface area contributed by atoms with E-state index in [1.165, 1.54) is 6.07 Å². The first-order chi connectivity index (χ1) is 14.8. The summed E-state index contributed by atoms with van der Waals surface area (Å²) in [5, 5.41) is 12.5. The van der Waals surface area contributed by atoms with Crippen LogP contribution in [0.25, 0.3) is 11.4 Å². The molecule has 0 saturated heterocycles. The van der Waals surface area contributed by atoms with Gasteiger partial charge in [0, 0.05) is 18.3 Å². The van der Waals surface area contributed by atoms with E-state index in [-0.39, 0.29) is 36.4 Å².